The minimum absolute atomic E-state index is 0.215. The fourth-order valence-corrected chi connectivity index (χ4v) is 4.44. The molecule has 5 nitrogen and oxygen atoms in total. The summed E-state index contributed by atoms with van der Waals surface area (Å²) in [7, 11) is 0. The molecule has 4 rings (SSSR count). The van der Waals surface area contributed by atoms with Gasteiger partial charge in [0.25, 0.3) is 0 Å². The highest BCUT2D eigenvalue weighted by Crippen LogP contribution is 2.44. The molecule has 6 heteroatoms. The third kappa shape index (κ3) is 3.67. The highest BCUT2D eigenvalue weighted by atomic mass is 35.5. The van der Waals surface area contributed by atoms with Gasteiger partial charge in [-0.2, -0.15) is 0 Å². The second-order valence-electron chi connectivity index (χ2n) is 7.45. The molecule has 28 heavy (non-hydrogen) atoms. The molecule has 1 saturated carbocycles. The first-order chi connectivity index (χ1) is 13.5. The van der Waals surface area contributed by atoms with Crippen LogP contribution in [0.15, 0.2) is 54.6 Å². The average molecular weight is 397 g/mol. The highest BCUT2D eigenvalue weighted by Gasteiger charge is 2.50. The van der Waals surface area contributed by atoms with Gasteiger partial charge in [-0.05, 0) is 55.0 Å². The lowest BCUT2D eigenvalue weighted by Gasteiger charge is -2.28. The van der Waals surface area contributed by atoms with Crippen molar-refractivity contribution in [2.75, 3.05) is 11.9 Å². The first-order valence-electron chi connectivity index (χ1n) is 9.48. The van der Waals surface area contributed by atoms with E-state index < -0.39 is 0 Å². The average Bonchev–Trinajstić information content (AvgIpc) is 2.95. The summed E-state index contributed by atoms with van der Waals surface area (Å²) < 4.78 is 0. The van der Waals surface area contributed by atoms with Crippen LogP contribution in [0.25, 0.3) is 0 Å². The smallest absolute Gasteiger partial charge is 0.244 e. The number of carbonyl (C=O) groups excluding carboxylic acids is 3. The maximum absolute atomic E-state index is 12.9. The molecule has 0 unspecified atom stereocenters. The number of halogens is 1. The van der Waals surface area contributed by atoms with Gasteiger partial charge in [-0.15, -0.1) is 0 Å². The number of carbonyl (C=O) groups is 3. The standard InChI is InChI=1S/C22H21ClN2O3/c23-16-7-9-17(10-8-16)24-20(26)13-25-21(27)18-11-6-15(12-19(18)22(25)28)14-4-2-1-3-5-14/h1-5,7-10,15,18-19H,6,11-13H2,(H,24,26)/t15-,18+,19+/m0/s1. The van der Waals surface area contributed by atoms with E-state index in [1.807, 2.05) is 18.2 Å². The van der Waals surface area contributed by atoms with Crippen molar-refractivity contribution in [3.05, 3.63) is 65.2 Å². The molecule has 1 saturated heterocycles. The Kier molecular flexibility index (Phi) is 5.18. The van der Waals surface area contributed by atoms with E-state index >= 15 is 0 Å². The molecular weight excluding hydrogens is 376 g/mol. The number of imide groups is 1. The number of hydrogen-bond donors (Lipinski definition) is 1. The van der Waals surface area contributed by atoms with Gasteiger partial charge in [0, 0.05) is 10.7 Å². The van der Waals surface area contributed by atoms with Gasteiger partial charge in [0.2, 0.25) is 17.7 Å². The van der Waals surface area contributed by atoms with Gasteiger partial charge in [-0.1, -0.05) is 41.9 Å². The lowest BCUT2D eigenvalue weighted by atomic mass is 9.73. The number of likely N-dealkylation sites (tertiary alicyclic amines) is 1. The monoisotopic (exact) mass is 396 g/mol. The molecule has 2 fully saturated rings. The van der Waals surface area contributed by atoms with Crippen molar-refractivity contribution in [2.24, 2.45) is 11.8 Å². The van der Waals surface area contributed by atoms with E-state index in [1.165, 1.54) is 5.56 Å². The first kappa shape index (κ1) is 18.7. The van der Waals surface area contributed by atoms with Gasteiger partial charge in [0.1, 0.15) is 6.54 Å². The summed E-state index contributed by atoms with van der Waals surface area (Å²) in [4.78, 5) is 39.1. The Morgan fingerprint density at radius 1 is 0.964 bits per heavy atom. The molecule has 1 N–H and O–H groups in total. The van der Waals surface area contributed by atoms with Crippen LogP contribution in [0, 0.1) is 11.8 Å². The Morgan fingerprint density at radius 3 is 2.36 bits per heavy atom. The van der Waals surface area contributed by atoms with Crippen LogP contribution in [-0.4, -0.2) is 29.2 Å². The Labute approximate surface area is 168 Å². The van der Waals surface area contributed by atoms with Gasteiger partial charge < -0.3 is 5.32 Å². The van der Waals surface area contributed by atoms with Gasteiger partial charge in [-0.25, -0.2) is 0 Å². The molecule has 1 aliphatic carbocycles. The van der Waals surface area contributed by atoms with Crippen molar-refractivity contribution in [3.8, 4) is 0 Å². The number of nitrogens with zero attached hydrogens (tertiary/aromatic N) is 1. The van der Waals surface area contributed by atoms with Crippen molar-refractivity contribution in [1.29, 1.82) is 0 Å². The van der Waals surface area contributed by atoms with Crippen LogP contribution in [0.2, 0.25) is 5.02 Å². The summed E-state index contributed by atoms with van der Waals surface area (Å²) in [5, 5.41) is 3.28. The quantitative estimate of drug-likeness (QED) is 0.798. The fraction of sp³-hybridized carbons (Fsp3) is 0.318. The van der Waals surface area contributed by atoms with Crippen LogP contribution in [-0.2, 0) is 14.4 Å². The number of hydrogen-bond acceptors (Lipinski definition) is 3. The molecule has 3 atom stereocenters. The molecular formula is C22H21ClN2O3. The van der Waals surface area contributed by atoms with Crippen molar-refractivity contribution >= 4 is 35.0 Å². The van der Waals surface area contributed by atoms with Crippen molar-refractivity contribution in [1.82, 2.24) is 4.90 Å². The molecule has 2 aliphatic rings. The Hall–Kier alpha value is -2.66. The number of amides is 3. The summed E-state index contributed by atoms with van der Waals surface area (Å²) in [6.07, 6.45) is 2.23. The topological polar surface area (TPSA) is 66.5 Å². The SMILES string of the molecule is O=C(CN1C(=O)[C@@H]2CC[C@H](c3ccccc3)C[C@H]2C1=O)Nc1ccc(Cl)cc1. The molecule has 0 bridgehead atoms. The van der Waals surface area contributed by atoms with E-state index in [-0.39, 0.29) is 42.0 Å². The molecule has 2 aromatic rings. The number of rotatable bonds is 4. The molecule has 0 radical (unpaired) electrons. The van der Waals surface area contributed by atoms with E-state index in [9.17, 15) is 14.4 Å². The van der Waals surface area contributed by atoms with E-state index in [0.717, 1.165) is 11.3 Å². The zero-order valence-corrected chi connectivity index (χ0v) is 16.1. The lowest BCUT2D eigenvalue weighted by molar-refractivity contribution is -0.142. The fourth-order valence-electron chi connectivity index (χ4n) is 4.31. The van der Waals surface area contributed by atoms with Gasteiger partial charge in [0.05, 0.1) is 11.8 Å². The molecule has 2 aromatic carbocycles. The van der Waals surface area contributed by atoms with Crippen LogP contribution in [0.4, 0.5) is 5.69 Å². The third-order valence-electron chi connectivity index (χ3n) is 5.72. The molecule has 3 amide bonds. The minimum Gasteiger partial charge on any atom is -0.325 e. The maximum atomic E-state index is 12.9. The van der Waals surface area contributed by atoms with E-state index in [2.05, 4.69) is 17.4 Å². The summed E-state index contributed by atoms with van der Waals surface area (Å²) in [6, 6.07) is 16.8. The van der Waals surface area contributed by atoms with Crippen molar-refractivity contribution in [2.45, 2.75) is 25.2 Å². The van der Waals surface area contributed by atoms with E-state index in [1.54, 1.807) is 24.3 Å². The Balaban J connectivity index is 1.42. The van der Waals surface area contributed by atoms with Crippen LogP contribution < -0.4 is 5.32 Å². The van der Waals surface area contributed by atoms with E-state index in [0.29, 0.717) is 23.6 Å². The normalized spacial score (nSPS) is 24.2. The van der Waals surface area contributed by atoms with Crippen molar-refractivity contribution in [3.63, 3.8) is 0 Å². The molecule has 0 aromatic heterocycles. The van der Waals surface area contributed by atoms with Crippen molar-refractivity contribution < 1.29 is 14.4 Å². The molecule has 1 heterocycles. The van der Waals surface area contributed by atoms with Gasteiger partial charge in [0.15, 0.2) is 0 Å². The predicted molar refractivity (Wildman–Crippen MR) is 107 cm³/mol. The zero-order chi connectivity index (χ0) is 19.7. The van der Waals surface area contributed by atoms with E-state index in [4.69, 9.17) is 11.6 Å². The second kappa shape index (κ2) is 7.76. The maximum Gasteiger partial charge on any atom is 0.244 e. The zero-order valence-electron chi connectivity index (χ0n) is 15.3. The molecule has 0 spiro atoms. The second-order valence-corrected chi connectivity index (χ2v) is 7.89. The van der Waals surface area contributed by atoms with Crippen LogP contribution in [0.5, 0.6) is 0 Å². The molecule has 144 valence electrons. The predicted octanol–water partition coefficient (Wildman–Crippen LogP) is 3.85. The van der Waals surface area contributed by atoms with Gasteiger partial charge in [-0.3, -0.25) is 19.3 Å². The lowest BCUT2D eigenvalue weighted by Crippen LogP contribution is -2.38. The first-order valence-corrected chi connectivity index (χ1v) is 9.86. The minimum atomic E-state index is -0.387. The largest absolute Gasteiger partial charge is 0.325 e. The Bertz CT molecular complexity index is 898. The highest BCUT2D eigenvalue weighted by molar-refractivity contribution is 6.30. The molecule has 1 aliphatic heterocycles. The number of nitrogens with one attached hydrogen (secondary N) is 1. The summed E-state index contributed by atoms with van der Waals surface area (Å²) >= 11 is 5.84. The Morgan fingerprint density at radius 2 is 1.64 bits per heavy atom. The summed E-state index contributed by atoms with van der Waals surface area (Å²) in [6.45, 7) is -0.247. The third-order valence-corrected chi connectivity index (χ3v) is 5.97. The summed E-state index contributed by atoms with van der Waals surface area (Å²) in [5.74, 6) is -1.16. The number of fused-ring (bicyclic) bond motifs is 1. The number of anilines is 1. The van der Waals surface area contributed by atoms with Crippen LogP contribution in [0.3, 0.4) is 0 Å². The van der Waals surface area contributed by atoms with Gasteiger partial charge >= 0.3 is 0 Å². The number of benzene rings is 2. The van der Waals surface area contributed by atoms with Crippen LogP contribution in [0.1, 0.15) is 30.7 Å². The van der Waals surface area contributed by atoms with Crippen LogP contribution >= 0.6 is 11.6 Å². The summed E-state index contributed by atoms with van der Waals surface area (Å²) in [5.41, 5.74) is 1.79.